The maximum absolute atomic E-state index is 4.68. The molecule has 1 aromatic carbocycles. The smallest absolute Gasteiger partial charge is 0.202 e. The van der Waals surface area contributed by atoms with Gasteiger partial charge in [0, 0.05) is 22.1 Å². The minimum absolute atomic E-state index is 0.240. The van der Waals surface area contributed by atoms with Crippen LogP contribution < -0.4 is 10.9 Å². The highest BCUT2D eigenvalue weighted by molar-refractivity contribution is 7.14. The molecular weight excluding hydrogens is 302 g/mol. The summed E-state index contributed by atoms with van der Waals surface area (Å²) in [5.41, 5.74) is 10.9. The number of anilines is 1. The van der Waals surface area contributed by atoms with Crippen LogP contribution in [0.3, 0.4) is 0 Å². The van der Waals surface area contributed by atoms with Gasteiger partial charge in [0.05, 0.1) is 5.69 Å². The van der Waals surface area contributed by atoms with E-state index in [1.54, 1.807) is 11.3 Å². The van der Waals surface area contributed by atoms with Crippen molar-refractivity contribution < 1.29 is 0 Å². The number of hydrogen-bond donors (Lipinski definition) is 2. The predicted molar refractivity (Wildman–Crippen MR) is 97.0 cm³/mol. The number of allylic oxidation sites excluding steroid dienone is 2. The summed E-state index contributed by atoms with van der Waals surface area (Å²) >= 11 is 1.63. The van der Waals surface area contributed by atoms with Crippen molar-refractivity contribution in [3.63, 3.8) is 0 Å². The lowest BCUT2D eigenvalue weighted by Gasteiger charge is -2.37. The van der Waals surface area contributed by atoms with Crippen LogP contribution in [0.15, 0.2) is 47.5 Å². The first-order valence-electron chi connectivity index (χ1n) is 8.26. The summed E-state index contributed by atoms with van der Waals surface area (Å²) in [5, 5.41) is 3.01. The van der Waals surface area contributed by atoms with Crippen LogP contribution in [0.2, 0.25) is 0 Å². The van der Waals surface area contributed by atoms with Crippen LogP contribution >= 0.6 is 11.3 Å². The molecule has 0 spiro atoms. The number of thiazole rings is 1. The van der Waals surface area contributed by atoms with Gasteiger partial charge >= 0.3 is 0 Å². The lowest BCUT2D eigenvalue weighted by atomic mass is 9.69. The molecule has 1 heterocycles. The largest absolute Gasteiger partial charge is 0.303 e. The molecule has 0 radical (unpaired) electrons. The fraction of sp³-hybridized carbons (Fsp3) is 0.421. The van der Waals surface area contributed by atoms with E-state index in [-0.39, 0.29) is 5.41 Å². The van der Waals surface area contributed by atoms with Crippen LogP contribution in [0, 0.1) is 16.7 Å². The van der Waals surface area contributed by atoms with Crippen LogP contribution in [0.4, 0.5) is 5.13 Å². The van der Waals surface area contributed by atoms with E-state index in [0.29, 0.717) is 11.3 Å². The first-order valence-corrected chi connectivity index (χ1v) is 9.14. The maximum Gasteiger partial charge on any atom is 0.202 e. The number of nitrogens with one attached hydrogen (secondary N) is 2. The lowest BCUT2D eigenvalue weighted by molar-refractivity contribution is 0.165. The molecule has 0 unspecified atom stereocenters. The number of aromatic nitrogens is 1. The summed E-state index contributed by atoms with van der Waals surface area (Å²) in [5.74, 6) is 0.688. The van der Waals surface area contributed by atoms with Crippen LogP contribution in [0.25, 0.3) is 11.3 Å². The summed E-state index contributed by atoms with van der Waals surface area (Å²) in [6.07, 6.45) is 4.99. The summed E-state index contributed by atoms with van der Waals surface area (Å²) < 4.78 is 0. The Kier molecular flexibility index (Phi) is 3.27. The van der Waals surface area contributed by atoms with Crippen molar-refractivity contribution in [2.45, 2.75) is 33.6 Å². The van der Waals surface area contributed by atoms with Gasteiger partial charge in [-0.1, -0.05) is 57.2 Å². The fourth-order valence-electron chi connectivity index (χ4n) is 4.07. The Hall–Kier alpha value is -1.81. The number of hydrogen-bond acceptors (Lipinski definition) is 4. The summed E-state index contributed by atoms with van der Waals surface area (Å²) in [4.78, 5) is 4.68. The topological polar surface area (TPSA) is 37.0 Å². The standard InChI is InChI=1S/C19H23N3S/c1-18(2)14-9-10-19(18,3)16(11-14)21-22-17-20-15(12-23-17)13-7-5-4-6-8-13/h4-8,11-12,14,21H,9-10H2,1-3H3,(H,20,22)/t14-,19-/m0/s1. The average Bonchev–Trinajstić information content (AvgIpc) is 3.16. The van der Waals surface area contributed by atoms with E-state index in [2.05, 4.69) is 60.2 Å². The van der Waals surface area contributed by atoms with Crippen molar-refractivity contribution in [1.82, 2.24) is 10.4 Å². The number of fused-ring (bicyclic) bond motifs is 2. The van der Waals surface area contributed by atoms with Crippen LogP contribution in [0.5, 0.6) is 0 Å². The lowest BCUT2D eigenvalue weighted by Crippen LogP contribution is -2.37. The van der Waals surface area contributed by atoms with Gasteiger partial charge in [-0.05, 0) is 24.2 Å². The molecule has 4 heteroatoms. The molecule has 0 saturated heterocycles. The number of benzene rings is 1. The molecule has 4 rings (SSSR count). The number of hydrazine groups is 1. The highest BCUT2D eigenvalue weighted by Crippen LogP contribution is 2.64. The highest BCUT2D eigenvalue weighted by atomic mass is 32.1. The fourth-order valence-corrected chi connectivity index (χ4v) is 4.74. The van der Waals surface area contributed by atoms with E-state index < -0.39 is 0 Å². The van der Waals surface area contributed by atoms with Crippen LogP contribution in [0.1, 0.15) is 33.6 Å². The minimum atomic E-state index is 0.240. The first kappa shape index (κ1) is 14.8. The second-order valence-electron chi connectivity index (χ2n) is 7.43. The Balaban J connectivity index is 1.47. The van der Waals surface area contributed by atoms with Gasteiger partial charge in [-0.25, -0.2) is 4.98 Å². The second kappa shape index (κ2) is 5.10. The SMILES string of the molecule is CC1(C)[C@@H]2C=C(NNc3nc(-c4ccccc4)cs3)[C@]1(C)CC2. The second-order valence-corrected chi connectivity index (χ2v) is 8.29. The molecule has 1 fully saturated rings. The zero-order valence-corrected chi connectivity index (χ0v) is 14.7. The Morgan fingerprint density at radius 3 is 2.57 bits per heavy atom. The van der Waals surface area contributed by atoms with Crippen molar-refractivity contribution >= 4 is 16.5 Å². The molecule has 2 bridgehead atoms. The average molecular weight is 325 g/mol. The molecule has 23 heavy (non-hydrogen) atoms. The summed E-state index contributed by atoms with van der Waals surface area (Å²) in [6.45, 7) is 7.18. The number of nitrogens with zero attached hydrogens (tertiary/aromatic N) is 1. The highest BCUT2D eigenvalue weighted by Gasteiger charge is 2.57. The zero-order chi connectivity index (χ0) is 16.1. The monoisotopic (exact) mass is 325 g/mol. The molecule has 2 aliphatic rings. The molecule has 1 saturated carbocycles. The van der Waals surface area contributed by atoms with Gasteiger partial charge in [0.2, 0.25) is 5.13 Å². The van der Waals surface area contributed by atoms with Gasteiger partial charge in [0.1, 0.15) is 0 Å². The Morgan fingerprint density at radius 1 is 1.13 bits per heavy atom. The summed E-state index contributed by atoms with van der Waals surface area (Å²) in [6, 6.07) is 10.3. The van der Waals surface area contributed by atoms with Gasteiger partial charge in [-0.2, -0.15) is 0 Å². The molecule has 2 atom stereocenters. The first-order chi connectivity index (χ1) is 11.0. The number of rotatable bonds is 4. The van der Waals surface area contributed by atoms with Crippen LogP contribution in [-0.4, -0.2) is 4.98 Å². The van der Waals surface area contributed by atoms with Gasteiger partial charge < -0.3 is 5.43 Å². The van der Waals surface area contributed by atoms with E-state index in [1.807, 2.05) is 18.2 Å². The predicted octanol–water partition coefficient (Wildman–Crippen LogP) is 5.07. The van der Waals surface area contributed by atoms with Crippen molar-refractivity contribution in [2.75, 3.05) is 5.43 Å². The van der Waals surface area contributed by atoms with E-state index in [0.717, 1.165) is 16.4 Å². The third-order valence-corrected chi connectivity index (χ3v) is 6.90. The van der Waals surface area contributed by atoms with Crippen molar-refractivity contribution in [1.29, 1.82) is 0 Å². The van der Waals surface area contributed by atoms with Gasteiger partial charge in [-0.3, -0.25) is 5.43 Å². The molecule has 2 N–H and O–H groups in total. The summed E-state index contributed by atoms with van der Waals surface area (Å²) in [7, 11) is 0. The minimum Gasteiger partial charge on any atom is -0.303 e. The third kappa shape index (κ3) is 2.19. The van der Waals surface area contributed by atoms with Crippen molar-refractivity contribution in [3.8, 4) is 11.3 Å². The zero-order valence-electron chi connectivity index (χ0n) is 13.9. The maximum atomic E-state index is 4.68. The normalized spacial score (nSPS) is 27.8. The molecule has 0 amide bonds. The van der Waals surface area contributed by atoms with E-state index in [9.17, 15) is 0 Å². The quantitative estimate of drug-likeness (QED) is 0.771. The molecule has 1 aromatic heterocycles. The molecule has 0 aliphatic heterocycles. The third-order valence-electron chi connectivity index (χ3n) is 6.14. The molecule has 2 aromatic rings. The Bertz CT molecular complexity index is 747. The molecule has 120 valence electrons. The van der Waals surface area contributed by atoms with Gasteiger partial charge in [0.25, 0.3) is 0 Å². The Morgan fingerprint density at radius 2 is 1.91 bits per heavy atom. The van der Waals surface area contributed by atoms with E-state index in [4.69, 9.17) is 0 Å². The molecular formula is C19H23N3S. The van der Waals surface area contributed by atoms with Crippen molar-refractivity contribution in [3.05, 3.63) is 47.5 Å². The van der Waals surface area contributed by atoms with Crippen molar-refractivity contribution in [2.24, 2.45) is 16.7 Å². The van der Waals surface area contributed by atoms with Crippen LogP contribution in [-0.2, 0) is 0 Å². The Labute approximate surface area is 141 Å². The van der Waals surface area contributed by atoms with E-state index >= 15 is 0 Å². The molecule has 3 nitrogen and oxygen atoms in total. The van der Waals surface area contributed by atoms with E-state index in [1.165, 1.54) is 18.5 Å². The van der Waals surface area contributed by atoms with Gasteiger partial charge in [-0.15, -0.1) is 11.3 Å². The van der Waals surface area contributed by atoms with Gasteiger partial charge in [0.15, 0.2) is 0 Å². The molecule has 2 aliphatic carbocycles.